The molecule has 0 unspecified atom stereocenters. The molecule has 2 saturated heterocycles. The number of aryl methyl sites for hydroxylation is 1. The second-order valence-electron chi connectivity index (χ2n) is 8.54. The number of halogens is 1. The highest BCUT2D eigenvalue weighted by molar-refractivity contribution is 7.98. The van der Waals surface area contributed by atoms with Crippen LogP contribution in [0.1, 0.15) is 35.2 Å². The van der Waals surface area contributed by atoms with Crippen molar-refractivity contribution in [2.75, 3.05) is 50.4 Å². The molecule has 2 aliphatic heterocycles. The monoisotopic (exact) mass is 507 g/mol. The smallest absolute Gasteiger partial charge is 0.255 e. The molecule has 0 N–H and O–H groups in total. The van der Waals surface area contributed by atoms with Crippen molar-refractivity contribution in [1.29, 1.82) is 0 Å². The third kappa shape index (κ3) is 5.19. The molecule has 4 rings (SSSR count). The van der Waals surface area contributed by atoms with Gasteiger partial charge in [0.25, 0.3) is 5.91 Å². The largest absolute Gasteiger partial charge is 0.369 e. The van der Waals surface area contributed by atoms with Crippen molar-refractivity contribution in [3.05, 3.63) is 52.5 Å². The Morgan fingerprint density at radius 1 is 0.939 bits per heavy atom. The fourth-order valence-corrected chi connectivity index (χ4v) is 6.71. The highest BCUT2D eigenvalue weighted by atomic mass is 35.5. The van der Waals surface area contributed by atoms with Gasteiger partial charge >= 0.3 is 0 Å². The molecule has 2 aromatic carbocycles. The fourth-order valence-electron chi connectivity index (χ4n) is 4.52. The number of likely N-dealkylation sites (tertiary alicyclic amines) is 1. The van der Waals surface area contributed by atoms with Crippen LogP contribution in [0.2, 0.25) is 5.02 Å². The number of hydrogen-bond donors (Lipinski definition) is 0. The average Bonchev–Trinajstić information content (AvgIpc) is 2.85. The van der Waals surface area contributed by atoms with Crippen molar-refractivity contribution in [2.45, 2.75) is 36.0 Å². The summed E-state index contributed by atoms with van der Waals surface area (Å²) in [4.78, 5) is 18.2. The molecule has 2 aliphatic rings. The fraction of sp³-hybridized carbons (Fsp3) is 0.458. The summed E-state index contributed by atoms with van der Waals surface area (Å²) in [5.41, 5.74) is 2.64. The van der Waals surface area contributed by atoms with Crippen LogP contribution in [0, 0.1) is 6.92 Å². The van der Waals surface area contributed by atoms with Gasteiger partial charge in [0.1, 0.15) is 0 Å². The Morgan fingerprint density at radius 2 is 1.64 bits per heavy atom. The van der Waals surface area contributed by atoms with Crippen LogP contribution in [0.25, 0.3) is 0 Å². The van der Waals surface area contributed by atoms with E-state index >= 15 is 0 Å². The van der Waals surface area contributed by atoms with Gasteiger partial charge in [0.15, 0.2) is 0 Å². The van der Waals surface area contributed by atoms with Gasteiger partial charge in [-0.2, -0.15) is 4.31 Å². The molecule has 0 spiro atoms. The molecule has 6 nitrogen and oxygen atoms in total. The van der Waals surface area contributed by atoms with Crippen LogP contribution in [-0.4, -0.2) is 69.1 Å². The molecule has 0 aliphatic carbocycles. The van der Waals surface area contributed by atoms with Crippen molar-refractivity contribution in [1.82, 2.24) is 9.21 Å². The number of piperazine rings is 1. The molecule has 2 fully saturated rings. The maximum Gasteiger partial charge on any atom is 0.255 e. The summed E-state index contributed by atoms with van der Waals surface area (Å²) in [7, 11) is -3.70. The predicted octanol–water partition coefficient (Wildman–Crippen LogP) is 4.51. The molecule has 0 aromatic heterocycles. The third-order valence-electron chi connectivity index (χ3n) is 6.43. The number of thioether (sulfide) groups is 1. The van der Waals surface area contributed by atoms with Crippen LogP contribution in [0.3, 0.4) is 0 Å². The molecular weight excluding hydrogens is 478 g/mol. The second-order valence-corrected chi connectivity index (χ2v) is 11.8. The van der Waals surface area contributed by atoms with Crippen molar-refractivity contribution < 1.29 is 13.2 Å². The highest BCUT2D eigenvalue weighted by Crippen LogP contribution is 2.29. The van der Waals surface area contributed by atoms with E-state index in [4.69, 9.17) is 11.6 Å². The van der Waals surface area contributed by atoms with Crippen molar-refractivity contribution >= 4 is 45.0 Å². The lowest BCUT2D eigenvalue weighted by molar-refractivity contribution is 0.0720. The molecule has 2 aromatic rings. The van der Waals surface area contributed by atoms with Crippen molar-refractivity contribution in [3.63, 3.8) is 0 Å². The van der Waals surface area contributed by atoms with E-state index in [9.17, 15) is 13.2 Å². The molecule has 33 heavy (non-hydrogen) atoms. The van der Waals surface area contributed by atoms with Crippen molar-refractivity contribution in [2.24, 2.45) is 0 Å². The average molecular weight is 508 g/mol. The van der Waals surface area contributed by atoms with Gasteiger partial charge in [-0.05, 0) is 68.3 Å². The zero-order valence-electron chi connectivity index (χ0n) is 19.1. The van der Waals surface area contributed by atoms with Crippen molar-refractivity contribution in [3.8, 4) is 0 Å². The number of anilines is 1. The zero-order chi connectivity index (χ0) is 23.6. The molecule has 0 saturated carbocycles. The number of benzene rings is 2. The van der Waals surface area contributed by atoms with E-state index < -0.39 is 10.0 Å². The van der Waals surface area contributed by atoms with Gasteiger partial charge in [-0.25, -0.2) is 8.42 Å². The number of carbonyl (C=O) groups is 1. The zero-order valence-corrected chi connectivity index (χ0v) is 21.5. The number of piperidine rings is 1. The van der Waals surface area contributed by atoms with Crippen LogP contribution >= 0.6 is 23.4 Å². The molecular formula is C24H30ClN3O3S2. The summed E-state index contributed by atoms with van der Waals surface area (Å²) in [5, 5.41) is 0.672. The van der Waals surface area contributed by atoms with E-state index in [-0.39, 0.29) is 10.8 Å². The van der Waals surface area contributed by atoms with Crippen LogP contribution in [-0.2, 0) is 10.0 Å². The summed E-state index contributed by atoms with van der Waals surface area (Å²) in [6, 6.07) is 10.7. The summed E-state index contributed by atoms with van der Waals surface area (Å²) in [6.07, 6.45) is 5.03. The molecule has 9 heteroatoms. The van der Waals surface area contributed by atoms with Gasteiger partial charge in [-0.1, -0.05) is 17.7 Å². The Kier molecular flexibility index (Phi) is 7.58. The van der Waals surface area contributed by atoms with Crippen LogP contribution in [0.4, 0.5) is 5.69 Å². The van der Waals surface area contributed by atoms with Gasteiger partial charge in [0.2, 0.25) is 10.0 Å². The molecule has 1 amide bonds. The first-order valence-electron chi connectivity index (χ1n) is 11.3. The van der Waals surface area contributed by atoms with Gasteiger partial charge in [0.05, 0.1) is 10.5 Å². The molecule has 2 heterocycles. The molecule has 178 valence electrons. The van der Waals surface area contributed by atoms with Gasteiger partial charge in [-0.15, -0.1) is 11.8 Å². The molecule has 0 bridgehead atoms. The van der Waals surface area contributed by atoms with Gasteiger partial charge in [0, 0.05) is 54.9 Å². The molecule has 0 radical (unpaired) electrons. The first-order valence-corrected chi connectivity index (χ1v) is 14.3. The first kappa shape index (κ1) is 24.4. The highest BCUT2D eigenvalue weighted by Gasteiger charge is 2.31. The maximum atomic E-state index is 13.5. The van der Waals surface area contributed by atoms with E-state index in [0.717, 1.165) is 48.5 Å². The van der Waals surface area contributed by atoms with E-state index in [1.807, 2.05) is 36.3 Å². The summed E-state index contributed by atoms with van der Waals surface area (Å²) < 4.78 is 28.4. The standard InChI is InChI=1S/C24H30ClN3O3S2/c1-18-6-7-19(25)16-22(18)26-12-14-28(15-13-26)33(30,31)20-8-9-23(32-2)21(17-20)24(29)27-10-4-3-5-11-27/h6-9,16-17H,3-5,10-15H2,1-2H3. The Balaban J connectivity index is 1.54. The maximum absolute atomic E-state index is 13.5. The Morgan fingerprint density at radius 3 is 2.30 bits per heavy atom. The normalized spacial score (nSPS) is 17.9. The Bertz CT molecular complexity index is 1130. The van der Waals surface area contributed by atoms with Crippen LogP contribution in [0.5, 0.6) is 0 Å². The van der Waals surface area contributed by atoms with Crippen LogP contribution in [0.15, 0.2) is 46.2 Å². The quantitative estimate of drug-likeness (QED) is 0.557. The lowest BCUT2D eigenvalue weighted by Crippen LogP contribution is -2.48. The number of rotatable bonds is 5. The third-order valence-corrected chi connectivity index (χ3v) is 9.36. The van der Waals surface area contributed by atoms with Crippen LogP contribution < -0.4 is 4.90 Å². The minimum atomic E-state index is -3.70. The lowest BCUT2D eigenvalue weighted by Gasteiger charge is -2.36. The lowest BCUT2D eigenvalue weighted by atomic mass is 10.1. The second kappa shape index (κ2) is 10.3. The number of hydrogen-bond acceptors (Lipinski definition) is 5. The van der Waals surface area contributed by atoms with E-state index in [2.05, 4.69) is 4.90 Å². The SMILES string of the molecule is CSc1ccc(S(=O)(=O)N2CCN(c3cc(Cl)ccc3C)CC2)cc1C(=O)N1CCCCC1. The minimum Gasteiger partial charge on any atom is -0.369 e. The van der Waals surface area contributed by atoms with Gasteiger partial charge in [-0.3, -0.25) is 4.79 Å². The Hall–Kier alpha value is -1.74. The van der Waals surface area contributed by atoms with E-state index in [0.29, 0.717) is 36.8 Å². The van der Waals surface area contributed by atoms with Gasteiger partial charge < -0.3 is 9.80 Å². The summed E-state index contributed by atoms with van der Waals surface area (Å²) in [5.74, 6) is -0.0719. The minimum absolute atomic E-state index is 0.0719. The Labute approximate surface area is 205 Å². The first-order chi connectivity index (χ1) is 15.8. The topological polar surface area (TPSA) is 60.9 Å². The number of amides is 1. The van der Waals surface area contributed by atoms with E-state index in [1.54, 1.807) is 18.2 Å². The summed E-state index contributed by atoms with van der Waals surface area (Å²) >= 11 is 7.64. The number of nitrogens with zero attached hydrogens (tertiary/aromatic N) is 3. The van der Waals surface area contributed by atoms with E-state index in [1.165, 1.54) is 16.1 Å². The number of sulfonamides is 1. The number of carbonyl (C=O) groups excluding carboxylic acids is 1. The predicted molar refractivity (Wildman–Crippen MR) is 135 cm³/mol. The molecule has 0 atom stereocenters. The summed E-state index contributed by atoms with van der Waals surface area (Å²) in [6.45, 7) is 5.43.